The summed E-state index contributed by atoms with van der Waals surface area (Å²) in [6, 6.07) is 5.01. The topological polar surface area (TPSA) is 107 Å². The van der Waals surface area contributed by atoms with Crippen LogP contribution in [0.15, 0.2) is 28.4 Å². The maximum absolute atomic E-state index is 11.0. The monoisotopic (exact) mass is 274 g/mol. The maximum atomic E-state index is 11.0. The van der Waals surface area contributed by atoms with E-state index < -0.39 is 0 Å². The molecular formula is C12H14N6O2. The normalized spacial score (nSPS) is 10.9. The molecule has 0 aliphatic carbocycles. The summed E-state index contributed by atoms with van der Waals surface area (Å²) in [6.07, 6.45) is 0. The van der Waals surface area contributed by atoms with Gasteiger partial charge in [-0.2, -0.15) is 4.98 Å². The summed E-state index contributed by atoms with van der Waals surface area (Å²) in [4.78, 5) is 16.7. The molecule has 1 heterocycles. The Morgan fingerprint density at radius 3 is 2.65 bits per heavy atom. The van der Waals surface area contributed by atoms with Crippen molar-refractivity contribution in [3.05, 3.63) is 24.0 Å². The highest BCUT2D eigenvalue weighted by atomic mass is 16.3. The minimum Gasteiger partial charge on any atom is -0.506 e. The van der Waals surface area contributed by atoms with E-state index in [-0.39, 0.29) is 23.3 Å². The largest absolute Gasteiger partial charge is 0.506 e. The van der Waals surface area contributed by atoms with E-state index in [2.05, 4.69) is 25.4 Å². The van der Waals surface area contributed by atoms with E-state index in [1.807, 2.05) is 19.0 Å². The van der Waals surface area contributed by atoms with E-state index in [4.69, 9.17) is 0 Å². The molecule has 104 valence electrons. The predicted octanol–water partition coefficient (Wildman–Crippen LogP) is 2.19. The Labute approximate surface area is 115 Å². The lowest BCUT2D eigenvalue weighted by molar-refractivity contribution is 0.100. The quantitative estimate of drug-likeness (QED) is 0.656. The van der Waals surface area contributed by atoms with Crippen LogP contribution >= 0.6 is 0 Å². The summed E-state index contributed by atoms with van der Waals surface area (Å²) in [5.74, 6) is -0.0863. The summed E-state index contributed by atoms with van der Waals surface area (Å²) in [5, 5.41) is 23.6. The van der Waals surface area contributed by atoms with Gasteiger partial charge in [-0.05, 0) is 12.1 Å². The van der Waals surface area contributed by atoms with Crippen LogP contribution in [0.1, 0.15) is 17.5 Å². The molecule has 0 saturated carbocycles. The van der Waals surface area contributed by atoms with Gasteiger partial charge >= 0.3 is 0 Å². The van der Waals surface area contributed by atoms with Crippen LogP contribution < -0.4 is 4.90 Å². The highest BCUT2D eigenvalue weighted by molar-refractivity contribution is 5.90. The first-order chi connectivity index (χ1) is 9.47. The second kappa shape index (κ2) is 5.47. The second-order valence-corrected chi connectivity index (χ2v) is 4.31. The van der Waals surface area contributed by atoms with Gasteiger partial charge in [0.25, 0.3) is 5.95 Å². The van der Waals surface area contributed by atoms with Crippen molar-refractivity contribution in [1.29, 1.82) is 0 Å². The highest BCUT2D eigenvalue weighted by Crippen LogP contribution is 2.31. The molecule has 0 spiro atoms. The fraction of sp³-hybridized carbons (Fsp3) is 0.250. The molecule has 8 nitrogen and oxygen atoms in total. The highest BCUT2D eigenvalue weighted by Gasteiger charge is 2.07. The first-order valence-corrected chi connectivity index (χ1v) is 5.83. The van der Waals surface area contributed by atoms with Crippen LogP contribution in [0.2, 0.25) is 0 Å². The van der Waals surface area contributed by atoms with Gasteiger partial charge in [-0.3, -0.25) is 9.89 Å². The number of nitrogens with zero attached hydrogens (tertiary/aromatic N) is 5. The maximum Gasteiger partial charge on any atom is 0.287 e. The van der Waals surface area contributed by atoms with Crippen LogP contribution in [-0.4, -0.2) is 40.2 Å². The van der Waals surface area contributed by atoms with Crippen molar-refractivity contribution in [1.82, 2.24) is 15.2 Å². The summed E-state index contributed by atoms with van der Waals surface area (Å²) >= 11 is 0. The van der Waals surface area contributed by atoms with Crippen molar-refractivity contribution < 1.29 is 9.90 Å². The Morgan fingerprint density at radius 2 is 2.10 bits per heavy atom. The number of rotatable bonds is 4. The average Bonchev–Trinajstić information content (AvgIpc) is 2.86. The van der Waals surface area contributed by atoms with Gasteiger partial charge in [0.15, 0.2) is 11.6 Å². The molecule has 1 aromatic heterocycles. The van der Waals surface area contributed by atoms with E-state index in [0.29, 0.717) is 5.69 Å². The standard InChI is InChI=1S/C12H14N6O2/c1-7(19)11-13-12(17-15-11)16-14-9-5-4-8(18(2)3)6-10(9)20/h4-6,20H,1-3H3,(H,13,15,17). The number of ketones is 1. The van der Waals surface area contributed by atoms with Gasteiger partial charge < -0.3 is 10.0 Å². The summed E-state index contributed by atoms with van der Waals surface area (Å²) in [7, 11) is 3.74. The molecule has 20 heavy (non-hydrogen) atoms. The smallest absolute Gasteiger partial charge is 0.287 e. The molecule has 2 rings (SSSR count). The number of aromatic amines is 1. The van der Waals surface area contributed by atoms with E-state index in [1.54, 1.807) is 18.2 Å². The zero-order valence-corrected chi connectivity index (χ0v) is 11.3. The number of carbonyl (C=O) groups excluding carboxylic acids is 1. The third-order valence-electron chi connectivity index (χ3n) is 2.53. The fourth-order valence-electron chi connectivity index (χ4n) is 1.43. The van der Waals surface area contributed by atoms with Crippen molar-refractivity contribution >= 4 is 23.1 Å². The van der Waals surface area contributed by atoms with Gasteiger partial charge in [0.2, 0.25) is 0 Å². The number of hydrogen-bond acceptors (Lipinski definition) is 7. The Morgan fingerprint density at radius 1 is 1.35 bits per heavy atom. The number of H-pyrrole nitrogens is 1. The number of benzene rings is 1. The van der Waals surface area contributed by atoms with Crippen molar-refractivity contribution in [2.45, 2.75) is 6.92 Å². The molecule has 0 aliphatic heterocycles. The number of carbonyl (C=O) groups is 1. The number of aromatic nitrogens is 3. The molecule has 0 saturated heterocycles. The lowest BCUT2D eigenvalue weighted by Gasteiger charge is -2.12. The van der Waals surface area contributed by atoms with Gasteiger partial charge in [-0.1, -0.05) is 0 Å². The lowest BCUT2D eigenvalue weighted by Crippen LogP contribution is -2.07. The molecule has 0 aliphatic rings. The first kappa shape index (κ1) is 13.7. The SMILES string of the molecule is CC(=O)c1nc(N=Nc2ccc(N(C)C)cc2O)n[nH]1. The zero-order chi connectivity index (χ0) is 14.7. The van der Waals surface area contributed by atoms with E-state index >= 15 is 0 Å². The summed E-state index contributed by atoms with van der Waals surface area (Å²) in [6.45, 7) is 1.37. The van der Waals surface area contributed by atoms with Crippen molar-refractivity contribution in [2.75, 3.05) is 19.0 Å². The second-order valence-electron chi connectivity index (χ2n) is 4.31. The molecule has 2 N–H and O–H groups in total. The molecule has 0 atom stereocenters. The number of Topliss-reactive ketones (excluding diaryl/α,β-unsaturated/α-hetero) is 1. The molecule has 0 bridgehead atoms. The first-order valence-electron chi connectivity index (χ1n) is 5.83. The number of hydrogen-bond donors (Lipinski definition) is 2. The van der Waals surface area contributed by atoms with Crippen LogP contribution in [0.5, 0.6) is 5.75 Å². The Hall–Kier alpha value is -2.77. The zero-order valence-electron chi connectivity index (χ0n) is 11.3. The molecular weight excluding hydrogens is 260 g/mol. The number of aromatic hydroxyl groups is 1. The van der Waals surface area contributed by atoms with Crippen LogP contribution in [-0.2, 0) is 0 Å². The number of azo groups is 1. The molecule has 0 unspecified atom stereocenters. The Balaban J connectivity index is 2.20. The third kappa shape index (κ3) is 2.97. The molecule has 0 amide bonds. The number of nitrogens with one attached hydrogen (secondary N) is 1. The van der Waals surface area contributed by atoms with Crippen LogP contribution in [0.4, 0.5) is 17.3 Å². The number of phenolic OH excluding ortho intramolecular Hbond substituents is 1. The van der Waals surface area contributed by atoms with Gasteiger partial charge in [-0.25, -0.2) is 0 Å². The van der Waals surface area contributed by atoms with Crippen LogP contribution in [0, 0.1) is 0 Å². The van der Waals surface area contributed by atoms with Gasteiger partial charge in [-0.15, -0.1) is 15.3 Å². The Bertz CT molecular complexity index is 662. The van der Waals surface area contributed by atoms with Gasteiger partial charge in [0.1, 0.15) is 11.4 Å². The van der Waals surface area contributed by atoms with Crippen molar-refractivity contribution in [3.63, 3.8) is 0 Å². The molecule has 0 fully saturated rings. The van der Waals surface area contributed by atoms with E-state index in [9.17, 15) is 9.90 Å². The van der Waals surface area contributed by atoms with Crippen molar-refractivity contribution in [2.24, 2.45) is 10.2 Å². The minimum absolute atomic E-state index is 0.00211. The van der Waals surface area contributed by atoms with Gasteiger partial charge in [0.05, 0.1) is 0 Å². The molecule has 8 heteroatoms. The Kier molecular flexibility index (Phi) is 3.74. The molecule has 1 aromatic carbocycles. The predicted molar refractivity (Wildman–Crippen MR) is 73.0 cm³/mol. The van der Waals surface area contributed by atoms with Crippen LogP contribution in [0.3, 0.4) is 0 Å². The number of anilines is 1. The van der Waals surface area contributed by atoms with Crippen LogP contribution in [0.25, 0.3) is 0 Å². The fourth-order valence-corrected chi connectivity index (χ4v) is 1.43. The summed E-state index contributed by atoms with van der Waals surface area (Å²) < 4.78 is 0. The van der Waals surface area contributed by atoms with E-state index in [0.717, 1.165) is 5.69 Å². The van der Waals surface area contributed by atoms with Crippen molar-refractivity contribution in [3.8, 4) is 5.75 Å². The van der Waals surface area contributed by atoms with E-state index in [1.165, 1.54) is 6.92 Å². The summed E-state index contributed by atoms with van der Waals surface area (Å²) in [5.41, 5.74) is 1.14. The minimum atomic E-state index is -0.239. The average molecular weight is 274 g/mol. The number of phenols is 1. The molecule has 0 radical (unpaired) electrons. The third-order valence-corrected chi connectivity index (χ3v) is 2.53. The molecule has 2 aromatic rings. The lowest BCUT2D eigenvalue weighted by atomic mass is 10.2. The van der Waals surface area contributed by atoms with Gasteiger partial charge in [0, 0.05) is 32.8 Å².